The van der Waals surface area contributed by atoms with Crippen LogP contribution in [0, 0.1) is 11.8 Å². The number of hydrogen-bond donors (Lipinski definition) is 3. The van der Waals surface area contributed by atoms with Crippen LogP contribution >= 0.6 is 0 Å². The molecule has 0 aliphatic heterocycles. The van der Waals surface area contributed by atoms with Gasteiger partial charge in [0.1, 0.15) is 0 Å². The summed E-state index contributed by atoms with van der Waals surface area (Å²) in [5, 5.41) is 2.68. The lowest BCUT2D eigenvalue weighted by atomic mass is 10.2. The molecule has 0 unspecified atom stereocenters. The van der Waals surface area contributed by atoms with Crippen LogP contribution in [-0.4, -0.2) is 12.5 Å². The number of benzene rings is 1. The smallest absolute Gasteiger partial charge is 0.216 e. The highest BCUT2D eigenvalue weighted by atomic mass is 16.1. The van der Waals surface area contributed by atoms with Crippen LogP contribution in [0.3, 0.4) is 0 Å². The van der Waals surface area contributed by atoms with E-state index in [1.165, 1.54) is 6.92 Å². The molecule has 0 radical (unpaired) electrons. The molecule has 0 saturated heterocycles. The van der Waals surface area contributed by atoms with Crippen molar-refractivity contribution in [1.29, 1.82) is 0 Å². The summed E-state index contributed by atoms with van der Waals surface area (Å²) < 4.78 is 0. The van der Waals surface area contributed by atoms with Crippen molar-refractivity contribution in [2.24, 2.45) is 5.84 Å². The summed E-state index contributed by atoms with van der Waals surface area (Å²) in [6, 6.07) is 7.50. The zero-order valence-electron chi connectivity index (χ0n) is 9.21. The summed E-state index contributed by atoms with van der Waals surface area (Å²) in [4.78, 5) is 10.6. The summed E-state index contributed by atoms with van der Waals surface area (Å²) in [5.74, 6) is 11.2. The Balaban J connectivity index is 2.41. The van der Waals surface area contributed by atoms with Gasteiger partial charge in [0.2, 0.25) is 5.91 Å². The van der Waals surface area contributed by atoms with Crippen LogP contribution in [0.2, 0.25) is 0 Å². The molecule has 0 aromatic heterocycles. The Hall–Kier alpha value is -1.99. The normalized spacial score (nSPS) is 8.88. The molecule has 1 amide bonds. The largest absolute Gasteiger partial charge is 0.355 e. The molecule has 4 N–H and O–H groups in total. The van der Waals surface area contributed by atoms with Crippen molar-refractivity contribution in [3.8, 4) is 11.8 Å². The highest BCUT2D eigenvalue weighted by Crippen LogP contribution is 2.06. The fourth-order valence-electron chi connectivity index (χ4n) is 1.12. The van der Waals surface area contributed by atoms with Crippen molar-refractivity contribution < 1.29 is 4.79 Å². The fraction of sp³-hybridized carbons (Fsp3) is 0.250. The molecule has 1 aromatic rings. The van der Waals surface area contributed by atoms with Crippen molar-refractivity contribution >= 4 is 11.6 Å². The monoisotopic (exact) mass is 217 g/mol. The molecule has 0 saturated carbocycles. The van der Waals surface area contributed by atoms with Crippen molar-refractivity contribution in [2.75, 3.05) is 12.0 Å². The van der Waals surface area contributed by atoms with Crippen LogP contribution in [0.5, 0.6) is 0 Å². The number of rotatable bonds is 3. The third-order valence-corrected chi connectivity index (χ3v) is 1.91. The van der Waals surface area contributed by atoms with E-state index in [2.05, 4.69) is 22.6 Å². The second kappa shape index (κ2) is 6.49. The first-order valence-electron chi connectivity index (χ1n) is 5.02. The molecular weight excluding hydrogens is 202 g/mol. The first-order chi connectivity index (χ1) is 7.72. The van der Waals surface area contributed by atoms with Gasteiger partial charge in [-0.1, -0.05) is 11.8 Å². The van der Waals surface area contributed by atoms with Gasteiger partial charge in [0.25, 0.3) is 0 Å². The molecule has 0 aliphatic carbocycles. The Morgan fingerprint density at radius 3 is 2.62 bits per heavy atom. The third-order valence-electron chi connectivity index (χ3n) is 1.91. The van der Waals surface area contributed by atoms with Gasteiger partial charge in [0.15, 0.2) is 0 Å². The maximum absolute atomic E-state index is 10.6. The number of hydrazine groups is 1. The number of anilines is 1. The Morgan fingerprint density at radius 1 is 1.38 bits per heavy atom. The average molecular weight is 217 g/mol. The summed E-state index contributed by atoms with van der Waals surface area (Å²) in [7, 11) is 0. The Labute approximate surface area is 95.2 Å². The van der Waals surface area contributed by atoms with Crippen LogP contribution in [0.1, 0.15) is 18.9 Å². The minimum Gasteiger partial charge on any atom is -0.355 e. The molecule has 16 heavy (non-hydrogen) atoms. The average Bonchev–Trinajstić information content (AvgIpc) is 2.29. The molecule has 4 heteroatoms. The van der Waals surface area contributed by atoms with Crippen LogP contribution in [0.25, 0.3) is 0 Å². The summed E-state index contributed by atoms with van der Waals surface area (Å²) in [6.07, 6.45) is 0.649. The standard InChI is InChI=1S/C12H15N3O/c1-10(16)14-9-3-2-4-11-5-7-12(15-13)8-6-11/h5-8,15H,3,9,13H2,1H3,(H,14,16). The summed E-state index contributed by atoms with van der Waals surface area (Å²) >= 11 is 0. The highest BCUT2D eigenvalue weighted by molar-refractivity contribution is 5.72. The lowest BCUT2D eigenvalue weighted by Crippen LogP contribution is -2.20. The number of nitrogen functional groups attached to an aromatic ring is 1. The van der Waals surface area contributed by atoms with Gasteiger partial charge in [-0.05, 0) is 24.3 Å². The zero-order chi connectivity index (χ0) is 11.8. The van der Waals surface area contributed by atoms with Crippen molar-refractivity contribution in [2.45, 2.75) is 13.3 Å². The fourth-order valence-corrected chi connectivity index (χ4v) is 1.12. The molecule has 84 valence electrons. The highest BCUT2D eigenvalue weighted by Gasteiger charge is 1.89. The third kappa shape index (κ3) is 4.49. The topological polar surface area (TPSA) is 67.2 Å². The van der Waals surface area contributed by atoms with Gasteiger partial charge in [0, 0.05) is 31.1 Å². The van der Waals surface area contributed by atoms with E-state index in [4.69, 9.17) is 5.84 Å². The summed E-state index contributed by atoms with van der Waals surface area (Å²) in [5.41, 5.74) is 4.33. The Kier molecular flexibility index (Phi) is 4.90. The van der Waals surface area contributed by atoms with Gasteiger partial charge < -0.3 is 10.7 Å². The van der Waals surface area contributed by atoms with Crippen LogP contribution in [0.4, 0.5) is 5.69 Å². The zero-order valence-corrected chi connectivity index (χ0v) is 9.21. The van der Waals surface area contributed by atoms with Gasteiger partial charge in [-0.3, -0.25) is 10.6 Å². The van der Waals surface area contributed by atoms with E-state index in [1.807, 2.05) is 24.3 Å². The SMILES string of the molecule is CC(=O)NCCC#Cc1ccc(NN)cc1. The maximum atomic E-state index is 10.6. The number of nitrogens with one attached hydrogen (secondary N) is 2. The number of amides is 1. The van der Waals surface area contributed by atoms with Gasteiger partial charge in [-0.25, -0.2) is 0 Å². The molecule has 0 spiro atoms. The maximum Gasteiger partial charge on any atom is 0.216 e. The second-order valence-electron chi connectivity index (χ2n) is 3.26. The van der Waals surface area contributed by atoms with Gasteiger partial charge in [0.05, 0.1) is 0 Å². The van der Waals surface area contributed by atoms with E-state index in [-0.39, 0.29) is 5.91 Å². The number of carbonyl (C=O) groups excluding carboxylic acids is 1. The van der Waals surface area contributed by atoms with Crippen molar-refractivity contribution in [3.05, 3.63) is 29.8 Å². The van der Waals surface area contributed by atoms with Crippen LogP contribution in [-0.2, 0) is 4.79 Å². The van der Waals surface area contributed by atoms with Gasteiger partial charge >= 0.3 is 0 Å². The second-order valence-corrected chi connectivity index (χ2v) is 3.26. The quantitative estimate of drug-likeness (QED) is 0.304. The van der Waals surface area contributed by atoms with E-state index in [1.54, 1.807) is 0 Å². The molecule has 0 bridgehead atoms. The molecule has 0 atom stereocenters. The van der Waals surface area contributed by atoms with Crippen molar-refractivity contribution in [3.63, 3.8) is 0 Å². The number of carbonyl (C=O) groups is 1. The van der Waals surface area contributed by atoms with E-state index in [0.29, 0.717) is 13.0 Å². The Morgan fingerprint density at radius 2 is 2.06 bits per heavy atom. The molecular formula is C12H15N3O. The predicted molar refractivity (Wildman–Crippen MR) is 64.4 cm³/mol. The molecule has 0 fully saturated rings. The van der Waals surface area contributed by atoms with Gasteiger partial charge in [-0.2, -0.15) is 0 Å². The van der Waals surface area contributed by atoms with E-state index in [0.717, 1.165) is 11.3 Å². The minimum atomic E-state index is -0.0276. The molecule has 0 aliphatic rings. The lowest BCUT2D eigenvalue weighted by Gasteiger charge is -1.98. The first-order valence-corrected chi connectivity index (χ1v) is 5.02. The van der Waals surface area contributed by atoms with E-state index in [9.17, 15) is 4.79 Å². The number of hydrogen-bond acceptors (Lipinski definition) is 3. The van der Waals surface area contributed by atoms with Crippen LogP contribution in [0.15, 0.2) is 24.3 Å². The van der Waals surface area contributed by atoms with E-state index >= 15 is 0 Å². The summed E-state index contributed by atoms with van der Waals surface area (Å²) in [6.45, 7) is 2.08. The molecule has 1 rings (SSSR count). The number of nitrogens with two attached hydrogens (primary N) is 1. The Bertz CT molecular complexity index is 401. The van der Waals surface area contributed by atoms with Gasteiger partial charge in [-0.15, -0.1) is 0 Å². The lowest BCUT2D eigenvalue weighted by molar-refractivity contribution is -0.118. The van der Waals surface area contributed by atoms with Crippen molar-refractivity contribution in [1.82, 2.24) is 5.32 Å². The molecule has 1 aromatic carbocycles. The predicted octanol–water partition coefficient (Wildman–Crippen LogP) is 0.850. The first kappa shape index (κ1) is 12.1. The van der Waals surface area contributed by atoms with Crippen LogP contribution < -0.4 is 16.6 Å². The minimum absolute atomic E-state index is 0.0276. The van der Waals surface area contributed by atoms with E-state index < -0.39 is 0 Å². The molecule has 4 nitrogen and oxygen atoms in total. The molecule has 0 heterocycles.